The highest BCUT2D eigenvalue weighted by molar-refractivity contribution is 6.29. The summed E-state index contributed by atoms with van der Waals surface area (Å²) in [6.07, 6.45) is -4.39. The van der Waals surface area contributed by atoms with Crippen molar-refractivity contribution in [1.29, 1.82) is 0 Å². The highest BCUT2D eigenvalue weighted by Crippen LogP contribution is 2.34. The molecule has 2 nitrogen and oxygen atoms in total. The molecule has 1 aliphatic rings. The summed E-state index contributed by atoms with van der Waals surface area (Å²) in [6.45, 7) is 5.59. The second-order valence-electron chi connectivity index (χ2n) is 4.89. The van der Waals surface area contributed by atoms with Gasteiger partial charge in [-0.3, -0.25) is 0 Å². The molecular formula is C12H14ClF3N2. The third kappa shape index (κ3) is 2.71. The van der Waals surface area contributed by atoms with E-state index in [0.29, 0.717) is 30.7 Å². The van der Waals surface area contributed by atoms with Crippen molar-refractivity contribution in [2.45, 2.75) is 20.0 Å². The molecular weight excluding hydrogens is 265 g/mol. The van der Waals surface area contributed by atoms with Gasteiger partial charge in [-0.1, -0.05) is 25.4 Å². The molecule has 0 saturated carbocycles. The highest BCUT2D eigenvalue weighted by atomic mass is 35.5. The van der Waals surface area contributed by atoms with Gasteiger partial charge in [0.25, 0.3) is 0 Å². The lowest BCUT2D eigenvalue weighted by Gasteiger charge is -2.19. The Labute approximate surface area is 109 Å². The molecule has 1 fully saturated rings. The molecule has 0 spiro atoms. The van der Waals surface area contributed by atoms with Gasteiger partial charge in [-0.2, -0.15) is 13.2 Å². The van der Waals surface area contributed by atoms with Crippen LogP contribution in [0.5, 0.6) is 0 Å². The van der Waals surface area contributed by atoms with Crippen LogP contribution < -0.4 is 4.90 Å². The van der Waals surface area contributed by atoms with E-state index < -0.39 is 11.7 Å². The second-order valence-corrected chi connectivity index (χ2v) is 5.28. The van der Waals surface area contributed by atoms with Crippen molar-refractivity contribution >= 4 is 17.4 Å². The number of anilines is 1. The molecule has 1 saturated heterocycles. The van der Waals surface area contributed by atoms with Gasteiger partial charge >= 0.3 is 6.18 Å². The Morgan fingerprint density at radius 2 is 1.78 bits per heavy atom. The standard InChI is InChI=1S/C12H14ClF3N2/c1-7-5-18(6-8(7)2)11-4-9(12(14,15)16)3-10(13)17-11/h3-4,7-8H,5-6H2,1-2H3. The van der Waals surface area contributed by atoms with Crippen LogP contribution in [0.4, 0.5) is 19.0 Å². The van der Waals surface area contributed by atoms with E-state index >= 15 is 0 Å². The molecule has 0 N–H and O–H groups in total. The molecule has 1 aromatic heterocycles. The topological polar surface area (TPSA) is 16.1 Å². The molecule has 2 heterocycles. The zero-order valence-electron chi connectivity index (χ0n) is 10.1. The fraction of sp³-hybridized carbons (Fsp3) is 0.583. The number of hydrogen-bond donors (Lipinski definition) is 0. The summed E-state index contributed by atoms with van der Waals surface area (Å²) in [7, 11) is 0. The molecule has 0 bridgehead atoms. The maximum Gasteiger partial charge on any atom is 0.416 e. The fourth-order valence-electron chi connectivity index (χ4n) is 2.13. The normalized spacial score (nSPS) is 24.7. The minimum atomic E-state index is -4.39. The highest BCUT2D eigenvalue weighted by Gasteiger charge is 2.33. The number of alkyl halides is 3. The van der Waals surface area contributed by atoms with Gasteiger partial charge in [0.1, 0.15) is 11.0 Å². The van der Waals surface area contributed by atoms with Crippen molar-refractivity contribution in [1.82, 2.24) is 4.98 Å². The van der Waals surface area contributed by atoms with Crippen LogP contribution in [-0.4, -0.2) is 18.1 Å². The Bertz CT molecular complexity index is 437. The van der Waals surface area contributed by atoms with E-state index in [-0.39, 0.29) is 5.15 Å². The summed E-state index contributed by atoms with van der Waals surface area (Å²) in [4.78, 5) is 5.85. The van der Waals surface area contributed by atoms with Gasteiger partial charge in [0.05, 0.1) is 5.56 Å². The van der Waals surface area contributed by atoms with E-state index in [1.165, 1.54) is 0 Å². The number of aromatic nitrogens is 1. The Hall–Kier alpha value is -0.970. The molecule has 100 valence electrons. The lowest BCUT2D eigenvalue weighted by molar-refractivity contribution is -0.137. The van der Waals surface area contributed by atoms with Crippen LogP contribution in [-0.2, 0) is 6.18 Å². The Morgan fingerprint density at radius 1 is 1.22 bits per heavy atom. The summed E-state index contributed by atoms with van der Waals surface area (Å²) in [6, 6.07) is 1.92. The molecule has 18 heavy (non-hydrogen) atoms. The number of halogens is 4. The van der Waals surface area contributed by atoms with Gasteiger partial charge in [0, 0.05) is 13.1 Å². The van der Waals surface area contributed by atoms with Crippen LogP contribution in [0.3, 0.4) is 0 Å². The predicted molar refractivity (Wildman–Crippen MR) is 64.8 cm³/mol. The minimum Gasteiger partial charge on any atom is -0.356 e. The van der Waals surface area contributed by atoms with Gasteiger partial charge in [0.2, 0.25) is 0 Å². The first-order valence-electron chi connectivity index (χ1n) is 5.77. The Kier molecular flexibility index (Phi) is 3.45. The third-order valence-electron chi connectivity index (χ3n) is 3.42. The monoisotopic (exact) mass is 278 g/mol. The van der Waals surface area contributed by atoms with Gasteiger partial charge in [-0.05, 0) is 24.0 Å². The van der Waals surface area contributed by atoms with Crippen LogP contribution in [0, 0.1) is 11.8 Å². The molecule has 1 aliphatic heterocycles. The van der Waals surface area contributed by atoms with Crippen LogP contribution in [0.25, 0.3) is 0 Å². The quantitative estimate of drug-likeness (QED) is 0.726. The molecule has 2 rings (SSSR count). The molecule has 2 unspecified atom stereocenters. The third-order valence-corrected chi connectivity index (χ3v) is 3.61. The van der Waals surface area contributed by atoms with E-state index in [1.807, 2.05) is 4.90 Å². The maximum atomic E-state index is 12.7. The van der Waals surface area contributed by atoms with Crippen molar-refractivity contribution in [3.63, 3.8) is 0 Å². The first-order chi connectivity index (χ1) is 8.27. The first kappa shape index (κ1) is 13.5. The Morgan fingerprint density at radius 3 is 2.28 bits per heavy atom. The van der Waals surface area contributed by atoms with E-state index in [1.54, 1.807) is 0 Å². The van der Waals surface area contributed by atoms with Crippen LogP contribution in [0.1, 0.15) is 19.4 Å². The van der Waals surface area contributed by atoms with Gasteiger partial charge in [-0.25, -0.2) is 4.98 Å². The number of nitrogens with zero attached hydrogens (tertiary/aromatic N) is 2. The smallest absolute Gasteiger partial charge is 0.356 e. The van der Waals surface area contributed by atoms with Gasteiger partial charge < -0.3 is 4.90 Å². The Balaban J connectivity index is 2.32. The second kappa shape index (κ2) is 4.61. The fourth-order valence-corrected chi connectivity index (χ4v) is 2.33. The molecule has 0 aromatic carbocycles. The van der Waals surface area contributed by atoms with E-state index in [2.05, 4.69) is 18.8 Å². The minimum absolute atomic E-state index is 0.118. The van der Waals surface area contributed by atoms with E-state index in [4.69, 9.17) is 11.6 Å². The average Bonchev–Trinajstić information content (AvgIpc) is 2.57. The van der Waals surface area contributed by atoms with Gasteiger partial charge in [-0.15, -0.1) is 0 Å². The lowest BCUT2D eigenvalue weighted by Crippen LogP contribution is -2.21. The largest absolute Gasteiger partial charge is 0.416 e. The van der Waals surface area contributed by atoms with Crippen molar-refractivity contribution in [3.05, 3.63) is 22.8 Å². The van der Waals surface area contributed by atoms with Crippen molar-refractivity contribution < 1.29 is 13.2 Å². The summed E-state index contributed by atoms with van der Waals surface area (Å²) in [5.74, 6) is 1.20. The van der Waals surface area contributed by atoms with E-state index in [9.17, 15) is 13.2 Å². The van der Waals surface area contributed by atoms with Crippen molar-refractivity contribution in [2.24, 2.45) is 11.8 Å². The lowest BCUT2D eigenvalue weighted by atomic mass is 10.0. The summed E-state index contributed by atoms with van der Waals surface area (Å²) in [5.41, 5.74) is -0.746. The van der Waals surface area contributed by atoms with Crippen molar-refractivity contribution in [3.8, 4) is 0 Å². The molecule has 1 aromatic rings. The maximum absolute atomic E-state index is 12.7. The summed E-state index contributed by atoms with van der Waals surface area (Å²) >= 11 is 5.67. The zero-order chi connectivity index (χ0) is 13.5. The van der Waals surface area contributed by atoms with Crippen LogP contribution in [0.2, 0.25) is 5.15 Å². The molecule has 0 radical (unpaired) electrons. The number of pyridine rings is 1. The van der Waals surface area contributed by atoms with Crippen molar-refractivity contribution in [2.75, 3.05) is 18.0 Å². The van der Waals surface area contributed by atoms with Crippen LogP contribution >= 0.6 is 11.6 Å². The zero-order valence-corrected chi connectivity index (χ0v) is 10.9. The summed E-state index contributed by atoms with van der Waals surface area (Å²) in [5, 5.41) is -0.118. The average molecular weight is 279 g/mol. The first-order valence-corrected chi connectivity index (χ1v) is 6.15. The molecule has 2 atom stereocenters. The molecule has 6 heteroatoms. The number of rotatable bonds is 1. The van der Waals surface area contributed by atoms with E-state index in [0.717, 1.165) is 12.1 Å². The predicted octanol–water partition coefficient (Wildman–Crippen LogP) is 3.85. The summed E-state index contributed by atoms with van der Waals surface area (Å²) < 4.78 is 38.0. The number of hydrogen-bond acceptors (Lipinski definition) is 2. The van der Waals surface area contributed by atoms with Crippen LogP contribution in [0.15, 0.2) is 12.1 Å². The van der Waals surface area contributed by atoms with Gasteiger partial charge in [0.15, 0.2) is 0 Å². The molecule has 0 aliphatic carbocycles. The SMILES string of the molecule is CC1CN(c2cc(C(F)(F)F)cc(Cl)n2)CC1C. The molecule has 0 amide bonds.